The quantitative estimate of drug-likeness (QED) is 0.604. The lowest BCUT2D eigenvalue weighted by Gasteiger charge is -2.26. The normalized spacial score (nSPS) is 19.8. The minimum atomic E-state index is 0.923. The fourth-order valence-electron chi connectivity index (χ4n) is 1.46. The molecule has 0 amide bonds. The fraction of sp³-hybridized carbons (Fsp3) is 1.00. The molecule has 0 radical (unpaired) electrons. The van der Waals surface area contributed by atoms with Gasteiger partial charge in [-0.15, -0.1) is 0 Å². The molecule has 1 aliphatic rings. The van der Waals surface area contributed by atoms with Crippen LogP contribution in [-0.2, 0) is 4.74 Å². The highest BCUT2D eigenvalue weighted by Crippen LogP contribution is 1.99. The van der Waals surface area contributed by atoms with Crippen LogP contribution in [0.25, 0.3) is 0 Å². The molecule has 0 saturated carbocycles. The van der Waals surface area contributed by atoms with Crippen molar-refractivity contribution in [2.24, 2.45) is 0 Å². The predicted molar refractivity (Wildman–Crippen MR) is 50.4 cm³/mol. The first-order chi connectivity index (χ1) is 5.93. The molecule has 1 fully saturated rings. The van der Waals surface area contributed by atoms with Crippen molar-refractivity contribution >= 4 is 0 Å². The van der Waals surface area contributed by atoms with E-state index in [0.29, 0.717) is 0 Å². The minimum Gasteiger partial charge on any atom is -0.379 e. The van der Waals surface area contributed by atoms with Crippen molar-refractivity contribution in [1.82, 2.24) is 10.2 Å². The second-order valence-corrected chi connectivity index (χ2v) is 3.26. The first-order valence-electron chi connectivity index (χ1n) is 4.88. The van der Waals surface area contributed by atoms with Crippen LogP contribution < -0.4 is 5.32 Å². The summed E-state index contributed by atoms with van der Waals surface area (Å²) in [5.41, 5.74) is 0. The largest absolute Gasteiger partial charge is 0.379 e. The van der Waals surface area contributed by atoms with Gasteiger partial charge in [0.05, 0.1) is 13.2 Å². The Kier molecular flexibility index (Phi) is 5.32. The predicted octanol–water partition coefficient (Wildman–Crippen LogP) is 0.318. The molecule has 1 N–H and O–H groups in total. The molecule has 12 heavy (non-hydrogen) atoms. The molecule has 3 heteroatoms. The van der Waals surface area contributed by atoms with E-state index in [1.807, 2.05) is 7.05 Å². The van der Waals surface area contributed by atoms with Gasteiger partial charge < -0.3 is 10.1 Å². The lowest BCUT2D eigenvalue weighted by atomic mass is 10.3. The summed E-state index contributed by atoms with van der Waals surface area (Å²) in [5.74, 6) is 0. The van der Waals surface area contributed by atoms with Crippen LogP contribution in [0.5, 0.6) is 0 Å². The average molecular weight is 172 g/mol. The molecule has 1 heterocycles. The Hall–Kier alpha value is -0.120. The maximum atomic E-state index is 5.27. The highest BCUT2D eigenvalue weighted by atomic mass is 16.5. The Labute approximate surface area is 75.1 Å². The number of nitrogens with zero attached hydrogens (tertiary/aromatic N) is 1. The van der Waals surface area contributed by atoms with Crippen LogP contribution in [0.15, 0.2) is 0 Å². The number of hydrogen-bond donors (Lipinski definition) is 1. The van der Waals surface area contributed by atoms with E-state index in [-0.39, 0.29) is 0 Å². The van der Waals surface area contributed by atoms with Gasteiger partial charge in [0.2, 0.25) is 0 Å². The van der Waals surface area contributed by atoms with E-state index in [2.05, 4.69) is 10.2 Å². The van der Waals surface area contributed by atoms with Crippen LogP contribution in [0.4, 0.5) is 0 Å². The summed E-state index contributed by atoms with van der Waals surface area (Å²) in [6, 6.07) is 0. The smallest absolute Gasteiger partial charge is 0.0594 e. The van der Waals surface area contributed by atoms with Crippen molar-refractivity contribution in [2.45, 2.75) is 12.8 Å². The standard InChI is InChI=1S/C9H20N2O/c1-10-4-2-3-5-11-6-8-12-9-7-11/h10H,2-9H2,1H3. The highest BCUT2D eigenvalue weighted by molar-refractivity contribution is 4.61. The lowest BCUT2D eigenvalue weighted by Crippen LogP contribution is -2.36. The molecule has 1 rings (SSSR count). The maximum Gasteiger partial charge on any atom is 0.0594 e. The van der Waals surface area contributed by atoms with Gasteiger partial charge in [-0.25, -0.2) is 0 Å². The van der Waals surface area contributed by atoms with Crippen molar-refractivity contribution in [3.63, 3.8) is 0 Å². The van der Waals surface area contributed by atoms with Gasteiger partial charge in [-0.05, 0) is 33.0 Å². The fourth-order valence-corrected chi connectivity index (χ4v) is 1.46. The van der Waals surface area contributed by atoms with Gasteiger partial charge in [-0.1, -0.05) is 0 Å². The third-order valence-electron chi connectivity index (χ3n) is 2.25. The van der Waals surface area contributed by atoms with Gasteiger partial charge in [-0.3, -0.25) is 4.90 Å². The summed E-state index contributed by atoms with van der Waals surface area (Å²) in [5, 5.41) is 3.16. The Balaban J connectivity index is 1.91. The monoisotopic (exact) mass is 172 g/mol. The van der Waals surface area contributed by atoms with Crippen molar-refractivity contribution in [3.05, 3.63) is 0 Å². The summed E-state index contributed by atoms with van der Waals surface area (Å²) < 4.78 is 5.27. The maximum absolute atomic E-state index is 5.27. The van der Waals surface area contributed by atoms with Crippen LogP contribution in [0, 0.1) is 0 Å². The molecule has 0 aliphatic carbocycles. The van der Waals surface area contributed by atoms with E-state index in [1.165, 1.54) is 19.4 Å². The Morgan fingerprint density at radius 2 is 2.00 bits per heavy atom. The SMILES string of the molecule is CNCCCCN1CCOCC1. The van der Waals surface area contributed by atoms with E-state index in [0.717, 1.165) is 32.8 Å². The second kappa shape index (κ2) is 6.40. The third-order valence-corrected chi connectivity index (χ3v) is 2.25. The van der Waals surface area contributed by atoms with E-state index >= 15 is 0 Å². The third kappa shape index (κ3) is 4.04. The van der Waals surface area contributed by atoms with E-state index in [4.69, 9.17) is 4.74 Å². The van der Waals surface area contributed by atoms with Gasteiger partial charge in [0, 0.05) is 13.1 Å². The number of morpholine rings is 1. The summed E-state index contributed by atoms with van der Waals surface area (Å²) in [7, 11) is 2.01. The first-order valence-corrected chi connectivity index (χ1v) is 4.88. The van der Waals surface area contributed by atoms with Crippen molar-refractivity contribution in [2.75, 3.05) is 46.4 Å². The van der Waals surface area contributed by atoms with E-state index in [9.17, 15) is 0 Å². The number of unbranched alkanes of at least 4 members (excludes halogenated alkanes) is 1. The molecular weight excluding hydrogens is 152 g/mol. The van der Waals surface area contributed by atoms with Crippen LogP contribution in [0.3, 0.4) is 0 Å². The topological polar surface area (TPSA) is 24.5 Å². The molecule has 1 saturated heterocycles. The average Bonchev–Trinajstić information content (AvgIpc) is 2.14. The van der Waals surface area contributed by atoms with Crippen LogP contribution in [-0.4, -0.2) is 51.3 Å². The van der Waals surface area contributed by atoms with Crippen LogP contribution >= 0.6 is 0 Å². The summed E-state index contributed by atoms with van der Waals surface area (Å²) in [6.07, 6.45) is 2.59. The van der Waals surface area contributed by atoms with Gasteiger partial charge in [0.15, 0.2) is 0 Å². The van der Waals surface area contributed by atoms with Crippen LogP contribution in [0.1, 0.15) is 12.8 Å². The molecule has 0 aromatic heterocycles. The van der Waals surface area contributed by atoms with E-state index < -0.39 is 0 Å². The number of ether oxygens (including phenoxy) is 1. The highest BCUT2D eigenvalue weighted by Gasteiger charge is 2.08. The summed E-state index contributed by atoms with van der Waals surface area (Å²) in [6.45, 7) is 6.48. The summed E-state index contributed by atoms with van der Waals surface area (Å²) >= 11 is 0. The molecule has 1 aliphatic heterocycles. The zero-order valence-corrected chi connectivity index (χ0v) is 8.01. The molecule has 0 atom stereocenters. The molecule has 0 spiro atoms. The molecule has 3 nitrogen and oxygen atoms in total. The van der Waals surface area contributed by atoms with Crippen molar-refractivity contribution in [1.29, 1.82) is 0 Å². The van der Waals surface area contributed by atoms with Crippen molar-refractivity contribution in [3.8, 4) is 0 Å². The zero-order valence-electron chi connectivity index (χ0n) is 8.01. The Morgan fingerprint density at radius 3 is 2.67 bits per heavy atom. The molecule has 72 valence electrons. The zero-order chi connectivity index (χ0) is 8.65. The van der Waals surface area contributed by atoms with Gasteiger partial charge >= 0.3 is 0 Å². The van der Waals surface area contributed by atoms with E-state index in [1.54, 1.807) is 0 Å². The van der Waals surface area contributed by atoms with Crippen LogP contribution in [0.2, 0.25) is 0 Å². The number of hydrogen-bond acceptors (Lipinski definition) is 3. The summed E-state index contributed by atoms with van der Waals surface area (Å²) in [4.78, 5) is 2.49. The molecule has 0 bridgehead atoms. The van der Waals surface area contributed by atoms with Gasteiger partial charge in [0.25, 0.3) is 0 Å². The molecule has 0 aromatic carbocycles. The Morgan fingerprint density at radius 1 is 1.25 bits per heavy atom. The number of rotatable bonds is 5. The Bertz CT molecular complexity index is 103. The van der Waals surface area contributed by atoms with Gasteiger partial charge in [0.1, 0.15) is 0 Å². The lowest BCUT2D eigenvalue weighted by molar-refractivity contribution is 0.0372. The van der Waals surface area contributed by atoms with Gasteiger partial charge in [-0.2, -0.15) is 0 Å². The molecule has 0 aromatic rings. The molecule has 0 unspecified atom stereocenters. The number of nitrogens with one attached hydrogen (secondary N) is 1. The molecular formula is C9H20N2O. The van der Waals surface area contributed by atoms with Crippen molar-refractivity contribution < 1.29 is 4.74 Å². The second-order valence-electron chi connectivity index (χ2n) is 3.26. The first kappa shape index (κ1) is 9.96. The minimum absolute atomic E-state index is 0.923.